The Kier molecular flexibility index (Phi) is 2.52. The molecule has 0 aliphatic carbocycles. The maximum absolute atomic E-state index is 9.24. The van der Waals surface area contributed by atoms with E-state index in [1.165, 1.54) is 0 Å². The molecule has 1 fully saturated rings. The van der Waals surface area contributed by atoms with Crippen molar-refractivity contribution in [1.82, 2.24) is 15.0 Å². The smallest absolute Gasteiger partial charge is 0.231 e. The molecule has 0 radical (unpaired) electrons. The van der Waals surface area contributed by atoms with Crippen LogP contribution in [0.15, 0.2) is 4.52 Å². The first kappa shape index (κ1) is 9.61. The van der Waals surface area contributed by atoms with Crippen molar-refractivity contribution >= 4 is 0 Å². The molecule has 78 valence electrons. The van der Waals surface area contributed by atoms with E-state index in [9.17, 15) is 5.11 Å². The van der Waals surface area contributed by atoms with Gasteiger partial charge in [-0.1, -0.05) is 5.16 Å². The molecule has 0 amide bonds. The fraction of sp³-hybridized carbons (Fsp3) is 0.778. The second kappa shape index (κ2) is 3.67. The molecule has 0 spiro atoms. The molecule has 5 heteroatoms. The van der Waals surface area contributed by atoms with Gasteiger partial charge in [-0.15, -0.1) is 0 Å². The SMILES string of the molecule is CC(O)c1noc(C2CCN(C)C2)n1. The first-order chi connectivity index (χ1) is 6.66. The Morgan fingerprint density at radius 2 is 2.43 bits per heavy atom. The zero-order valence-corrected chi connectivity index (χ0v) is 8.47. The van der Waals surface area contributed by atoms with Crippen molar-refractivity contribution in [3.8, 4) is 0 Å². The number of likely N-dealkylation sites (tertiary alicyclic amines) is 1. The molecule has 14 heavy (non-hydrogen) atoms. The molecular formula is C9H15N3O2. The summed E-state index contributed by atoms with van der Waals surface area (Å²) in [7, 11) is 2.08. The van der Waals surface area contributed by atoms with E-state index in [1.807, 2.05) is 0 Å². The largest absolute Gasteiger partial charge is 0.385 e. The van der Waals surface area contributed by atoms with Gasteiger partial charge in [0.2, 0.25) is 5.89 Å². The van der Waals surface area contributed by atoms with E-state index in [0.717, 1.165) is 19.5 Å². The van der Waals surface area contributed by atoms with Crippen LogP contribution in [0.2, 0.25) is 0 Å². The van der Waals surface area contributed by atoms with Gasteiger partial charge < -0.3 is 14.5 Å². The van der Waals surface area contributed by atoms with Gasteiger partial charge in [-0.2, -0.15) is 4.98 Å². The maximum atomic E-state index is 9.24. The lowest BCUT2D eigenvalue weighted by Crippen LogP contribution is -2.13. The van der Waals surface area contributed by atoms with Crippen LogP contribution in [-0.4, -0.2) is 40.3 Å². The van der Waals surface area contributed by atoms with E-state index in [4.69, 9.17) is 4.52 Å². The topological polar surface area (TPSA) is 62.4 Å². The van der Waals surface area contributed by atoms with Gasteiger partial charge in [0.15, 0.2) is 5.82 Å². The number of hydrogen-bond donors (Lipinski definition) is 1. The lowest BCUT2D eigenvalue weighted by atomic mass is 10.1. The van der Waals surface area contributed by atoms with Gasteiger partial charge in [0.25, 0.3) is 0 Å². The summed E-state index contributed by atoms with van der Waals surface area (Å²) in [4.78, 5) is 6.40. The maximum Gasteiger partial charge on any atom is 0.231 e. The quantitative estimate of drug-likeness (QED) is 0.749. The van der Waals surface area contributed by atoms with E-state index in [2.05, 4.69) is 22.1 Å². The number of aliphatic hydroxyl groups is 1. The van der Waals surface area contributed by atoms with Crippen LogP contribution in [0.25, 0.3) is 0 Å². The highest BCUT2D eigenvalue weighted by Crippen LogP contribution is 2.25. The third-order valence-corrected chi connectivity index (χ3v) is 2.57. The van der Waals surface area contributed by atoms with Gasteiger partial charge in [-0.3, -0.25) is 0 Å². The van der Waals surface area contributed by atoms with Crippen molar-refractivity contribution in [3.05, 3.63) is 11.7 Å². The van der Waals surface area contributed by atoms with Gasteiger partial charge in [0.05, 0.1) is 5.92 Å². The third-order valence-electron chi connectivity index (χ3n) is 2.57. The fourth-order valence-electron chi connectivity index (χ4n) is 1.72. The molecule has 0 aromatic carbocycles. The van der Waals surface area contributed by atoms with Gasteiger partial charge >= 0.3 is 0 Å². The van der Waals surface area contributed by atoms with Crippen LogP contribution in [0.3, 0.4) is 0 Å². The monoisotopic (exact) mass is 197 g/mol. The average molecular weight is 197 g/mol. The minimum Gasteiger partial charge on any atom is -0.385 e. The van der Waals surface area contributed by atoms with Gasteiger partial charge in [0, 0.05) is 6.54 Å². The molecule has 1 N–H and O–H groups in total. The fourth-order valence-corrected chi connectivity index (χ4v) is 1.72. The van der Waals surface area contributed by atoms with E-state index in [1.54, 1.807) is 6.92 Å². The van der Waals surface area contributed by atoms with E-state index in [-0.39, 0.29) is 0 Å². The van der Waals surface area contributed by atoms with Gasteiger partial charge in [-0.25, -0.2) is 0 Å². The van der Waals surface area contributed by atoms with Crippen LogP contribution in [0, 0.1) is 0 Å². The highest BCUT2D eigenvalue weighted by atomic mass is 16.5. The van der Waals surface area contributed by atoms with Crippen LogP contribution < -0.4 is 0 Å². The molecule has 0 saturated carbocycles. The summed E-state index contributed by atoms with van der Waals surface area (Å²) >= 11 is 0. The van der Waals surface area contributed by atoms with Crippen molar-refractivity contribution < 1.29 is 9.63 Å². The lowest BCUT2D eigenvalue weighted by molar-refractivity contribution is 0.184. The Morgan fingerprint density at radius 1 is 1.64 bits per heavy atom. The zero-order chi connectivity index (χ0) is 10.1. The molecule has 2 heterocycles. The number of likely N-dealkylation sites (N-methyl/N-ethyl adjacent to an activating group) is 1. The molecule has 5 nitrogen and oxygen atoms in total. The first-order valence-corrected chi connectivity index (χ1v) is 4.87. The number of aromatic nitrogens is 2. The standard InChI is InChI=1S/C9H15N3O2/c1-6(13)8-10-9(14-11-8)7-3-4-12(2)5-7/h6-7,13H,3-5H2,1-2H3. The Hall–Kier alpha value is -0.940. The Morgan fingerprint density at radius 3 is 2.93 bits per heavy atom. The van der Waals surface area contributed by atoms with Crippen molar-refractivity contribution in [2.45, 2.75) is 25.4 Å². The minimum atomic E-state index is -0.647. The number of hydrogen-bond acceptors (Lipinski definition) is 5. The van der Waals surface area contributed by atoms with Crippen LogP contribution in [0.4, 0.5) is 0 Å². The molecule has 2 unspecified atom stereocenters. The summed E-state index contributed by atoms with van der Waals surface area (Å²) in [5, 5.41) is 13.0. The molecule has 1 aromatic heterocycles. The van der Waals surface area contributed by atoms with Gasteiger partial charge in [0.1, 0.15) is 6.10 Å². The Labute approximate surface area is 82.7 Å². The summed E-state index contributed by atoms with van der Waals surface area (Å²) in [6, 6.07) is 0. The first-order valence-electron chi connectivity index (χ1n) is 4.87. The van der Waals surface area contributed by atoms with Crippen molar-refractivity contribution in [1.29, 1.82) is 0 Å². The molecular weight excluding hydrogens is 182 g/mol. The summed E-state index contributed by atoms with van der Waals surface area (Å²) in [6.07, 6.45) is 0.407. The normalized spacial score (nSPS) is 25.5. The van der Waals surface area contributed by atoms with Crippen LogP contribution in [0.5, 0.6) is 0 Å². The zero-order valence-electron chi connectivity index (χ0n) is 8.47. The lowest BCUT2D eigenvalue weighted by Gasteiger charge is -2.05. The number of rotatable bonds is 2. The molecule has 2 rings (SSSR count). The second-order valence-corrected chi connectivity index (χ2v) is 3.91. The van der Waals surface area contributed by atoms with Crippen molar-refractivity contribution in [2.75, 3.05) is 20.1 Å². The average Bonchev–Trinajstić information content (AvgIpc) is 2.70. The van der Waals surface area contributed by atoms with E-state index >= 15 is 0 Å². The summed E-state index contributed by atoms with van der Waals surface area (Å²) < 4.78 is 5.11. The van der Waals surface area contributed by atoms with Crippen LogP contribution in [-0.2, 0) is 0 Å². The van der Waals surface area contributed by atoms with Crippen LogP contribution in [0.1, 0.15) is 37.1 Å². The molecule has 1 aliphatic heterocycles. The number of nitrogens with zero attached hydrogens (tertiary/aromatic N) is 3. The Bertz CT molecular complexity index is 311. The molecule has 0 bridgehead atoms. The predicted molar refractivity (Wildman–Crippen MR) is 49.8 cm³/mol. The van der Waals surface area contributed by atoms with Crippen molar-refractivity contribution in [2.24, 2.45) is 0 Å². The molecule has 1 aliphatic rings. The highest BCUT2D eigenvalue weighted by molar-refractivity contribution is 4.99. The predicted octanol–water partition coefficient (Wildman–Crippen LogP) is 0.542. The minimum absolute atomic E-state index is 0.333. The van der Waals surface area contributed by atoms with Gasteiger partial charge in [-0.05, 0) is 26.9 Å². The van der Waals surface area contributed by atoms with Crippen LogP contribution >= 0.6 is 0 Å². The third kappa shape index (κ3) is 1.78. The second-order valence-electron chi connectivity index (χ2n) is 3.91. The molecule has 2 atom stereocenters. The van der Waals surface area contributed by atoms with E-state index in [0.29, 0.717) is 17.6 Å². The van der Waals surface area contributed by atoms with E-state index < -0.39 is 6.10 Å². The summed E-state index contributed by atoms with van der Waals surface area (Å²) in [6.45, 7) is 3.66. The Balaban J connectivity index is 2.09. The highest BCUT2D eigenvalue weighted by Gasteiger charge is 2.26. The summed E-state index contributed by atoms with van der Waals surface area (Å²) in [5.41, 5.74) is 0. The van der Waals surface area contributed by atoms with Crippen molar-refractivity contribution in [3.63, 3.8) is 0 Å². The molecule has 1 saturated heterocycles. The summed E-state index contributed by atoms with van der Waals surface area (Å²) in [5.74, 6) is 1.37. The number of aliphatic hydroxyl groups excluding tert-OH is 1. The molecule has 1 aromatic rings.